The highest BCUT2D eigenvalue weighted by Gasteiger charge is 2.36. The summed E-state index contributed by atoms with van der Waals surface area (Å²) in [5.74, 6) is 1.16. The summed E-state index contributed by atoms with van der Waals surface area (Å²) in [7, 11) is 0. The van der Waals surface area contributed by atoms with Crippen LogP contribution in [0.3, 0.4) is 0 Å². The van der Waals surface area contributed by atoms with Crippen LogP contribution in [0.25, 0.3) is 0 Å². The van der Waals surface area contributed by atoms with Crippen LogP contribution in [0.1, 0.15) is 214 Å². The van der Waals surface area contributed by atoms with Crippen LogP contribution in [0.15, 0.2) is 48.6 Å². The topological polar surface area (TPSA) is 0 Å². The van der Waals surface area contributed by atoms with Gasteiger partial charge in [-0.25, -0.2) is 0 Å². The van der Waals surface area contributed by atoms with Crippen molar-refractivity contribution in [2.45, 2.75) is 212 Å². The molecular weight excluding hydrogens is 565 g/mol. The average molecular weight is 651 g/mol. The van der Waals surface area contributed by atoms with E-state index in [0.29, 0.717) is 17.3 Å². The lowest BCUT2D eigenvalue weighted by Crippen LogP contribution is -2.30. The van der Waals surface area contributed by atoms with E-state index in [2.05, 4.69) is 107 Å². The molecule has 1 aromatic carbocycles. The predicted molar refractivity (Wildman–Crippen MR) is 220 cm³/mol. The number of aryl methyl sites for hydroxylation is 3. The van der Waals surface area contributed by atoms with Crippen LogP contribution < -0.4 is 0 Å². The minimum absolute atomic E-state index is 0.167. The molecule has 47 heavy (non-hydrogen) atoms. The molecule has 0 heterocycles. The molecule has 0 saturated heterocycles. The van der Waals surface area contributed by atoms with E-state index in [1.807, 2.05) is 27.7 Å². The van der Waals surface area contributed by atoms with Crippen LogP contribution in [0, 0.1) is 30.6 Å². The lowest BCUT2D eigenvalue weighted by molar-refractivity contribution is 0.233. The van der Waals surface area contributed by atoms with E-state index in [1.54, 1.807) is 11.1 Å². The molecule has 0 N–H and O–H groups in total. The normalized spacial score (nSPS) is 18.0. The molecule has 0 heteroatoms. The molecule has 0 aromatic heterocycles. The number of hydrogen-bond acceptors (Lipinski definition) is 0. The summed E-state index contributed by atoms with van der Waals surface area (Å²) >= 11 is 0. The molecule has 2 unspecified atom stereocenters. The molecule has 0 spiro atoms. The van der Waals surface area contributed by atoms with Crippen molar-refractivity contribution < 1.29 is 0 Å². The molecule has 2 aliphatic rings. The minimum Gasteiger partial charge on any atom is -0.103 e. The molecule has 1 aromatic rings. The molecule has 274 valence electrons. The molecule has 0 nitrogen and oxygen atoms in total. The van der Waals surface area contributed by atoms with Gasteiger partial charge in [0.15, 0.2) is 0 Å². The third-order valence-electron chi connectivity index (χ3n) is 10.9. The monoisotopic (exact) mass is 651 g/mol. The first-order valence-corrected chi connectivity index (χ1v) is 20.5. The molecule has 2 aliphatic carbocycles. The third kappa shape index (κ3) is 17.1. The second-order valence-corrected chi connectivity index (χ2v) is 14.8. The van der Waals surface area contributed by atoms with E-state index in [-0.39, 0.29) is 5.41 Å². The van der Waals surface area contributed by atoms with Gasteiger partial charge in [-0.1, -0.05) is 175 Å². The Balaban J connectivity index is 0. The van der Waals surface area contributed by atoms with Gasteiger partial charge in [-0.15, -0.1) is 6.58 Å². The maximum atomic E-state index is 4.13. The molecule has 3 rings (SSSR count). The van der Waals surface area contributed by atoms with Gasteiger partial charge in [0.1, 0.15) is 0 Å². The Morgan fingerprint density at radius 2 is 1.28 bits per heavy atom. The first-order valence-electron chi connectivity index (χ1n) is 20.5. The molecule has 2 atom stereocenters. The largest absolute Gasteiger partial charge is 0.103 e. The van der Waals surface area contributed by atoms with Gasteiger partial charge in [0.2, 0.25) is 0 Å². The fraction of sp³-hybridized carbons (Fsp3) is 0.745. The van der Waals surface area contributed by atoms with Gasteiger partial charge in [-0.2, -0.15) is 0 Å². The fourth-order valence-electron chi connectivity index (χ4n) is 7.64. The number of hydrogen-bond donors (Lipinski definition) is 0. The maximum Gasteiger partial charge on any atom is 0.00622 e. The maximum absolute atomic E-state index is 4.13. The summed E-state index contributed by atoms with van der Waals surface area (Å²) in [6.45, 7) is 39.1. The summed E-state index contributed by atoms with van der Waals surface area (Å²) in [5, 5.41) is 0. The van der Waals surface area contributed by atoms with Crippen LogP contribution in [-0.4, -0.2) is 0 Å². The summed E-state index contributed by atoms with van der Waals surface area (Å²) in [4.78, 5) is 0. The Morgan fingerprint density at radius 3 is 1.66 bits per heavy atom. The van der Waals surface area contributed by atoms with E-state index in [9.17, 15) is 0 Å². The Bertz CT molecular complexity index is 935. The highest BCUT2D eigenvalue weighted by atomic mass is 14.4. The first kappa shape index (κ1) is 47.6. The van der Waals surface area contributed by atoms with Gasteiger partial charge >= 0.3 is 0 Å². The van der Waals surface area contributed by atoms with Crippen molar-refractivity contribution in [2.75, 3.05) is 0 Å². The Morgan fingerprint density at radius 1 is 0.809 bits per heavy atom. The summed E-state index contributed by atoms with van der Waals surface area (Å²) in [6.07, 6.45) is 27.8. The Hall–Kier alpha value is -1.56. The van der Waals surface area contributed by atoms with E-state index in [1.165, 1.54) is 131 Å². The van der Waals surface area contributed by atoms with Crippen molar-refractivity contribution >= 4 is 0 Å². The lowest BCUT2D eigenvalue weighted by Gasteiger charge is -2.41. The third-order valence-corrected chi connectivity index (χ3v) is 10.9. The number of rotatable bonds is 14. The summed E-state index contributed by atoms with van der Waals surface area (Å²) in [6, 6.07) is 4.90. The second kappa shape index (κ2) is 27.3. The van der Waals surface area contributed by atoms with E-state index >= 15 is 0 Å². The zero-order valence-corrected chi connectivity index (χ0v) is 34.9. The van der Waals surface area contributed by atoms with E-state index in [4.69, 9.17) is 0 Å². The number of allylic oxidation sites excluding steroid dienone is 4. The van der Waals surface area contributed by atoms with Gasteiger partial charge in [-0.3, -0.25) is 0 Å². The molecule has 1 fully saturated rings. The molecule has 0 aliphatic heterocycles. The molecule has 1 saturated carbocycles. The average Bonchev–Trinajstić information content (AvgIpc) is 3.57. The van der Waals surface area contributed by atoms with Crippen LogP contribution in [-0.2, 0) is 6.42 Å². The van der Waals surface area contributed by atoms with Crippen molar-refractivity contribution in [1.82, 2.24) is 0 Å². The van der Waals surface area contributed by atoms with Crippen molar-refractivity contribution in [1.29, 1.82) is 0 Å². The smallest absolute Gasteiger partial charge is 0.00622 e. The van der Waals surface area contributed by atoms with Gasteiger partial charge in [0.05, 0.1) is 0 Å². The molecule has 0 amide bonds. The van der Waals surface area contributed by atoms with Gasteiger partial charge in [-0.05, 0) is 112 Å². The molecule has 0 bridgehead atoms. The van der Waals surface area contributed by atoms with Crippen molar-refractivity contribution in [3.8, 4) is 0 Å². The quantitative estimate of drug-likeness (QED) is 0.139. The van der Waals surface area contributed by atoms with Gasteiger partial charge < -0.3 is 0 Å². The van der Waals surface area contributed by atoms with Crippen LogP contribution in [0.2, 0.25) is 0 Å². The Kier molecular flexibility index (Phi) is 27.6. The standard InChI is InChI=1S/C25H38.C10H18.C8H18.2C2H6/c1-8-10-11-12-21-16-19(4)24(20(5)17-21)22-15-18(3)13-14-23(22)25(6,7)9-2;1-4-10(9(2)3)7-5-6-8-10;1-3-5-7-8-6-4-2;2*1-2/h9,15-17,22-23H,2,8,10-14H2,1,3-7H3;2,4-8H2,1,3H3;3-8H2,1-2H3;2*1-2H3. The Labute approximate surface area is 298 Å². The molecule has 0 radical (unpaired) electrons. The second-order valence-electron chi connectivity index (χ2n) is 14.8. The zero-order valence-electron chi connectivity index (χ0n) is 34.9. The highest BCUT2D eigenvalue weighted by molar-refractivity contribution is 5.44. The minimum atomic E-state index is 0.167. The van der Waals surface area contributed by atoms with Crippen molar-refractivity contribution in [3.05, 3.63) is 70.8 Å². The van der Waals surface area contributed by atoms with Crippen LogP contribution >= 0.6 is 0 Å². The predicted octanol–water partition coefficient (Wildman–Crippen LogP) is 16.6. The van der Waals surface area contributed by atoms with Crippen molar-refractivity contribution in [3.63, 3.8) is 0 Å². The number of unbranched alkanes of at least 4 members (excludes halogenated alkanes) is 7. The van der Waals surface area contributed by atoms with Gasteiger partial charge in [0.25, 0.3) is 0 Å². The van der Waals surface area contributed by atoms with Crippen molar-refractivity contribution in [2.24, 2.45) is 16.7 Å². The fourth-order valence-corrected chi connectivity index (χ4v) is 7.64. The SMILES string of the molecule is C=C(C)C1(CC)CCCC1.C=CC(C)(C)C1CCC(C)=CC1c1c(C)cc(CCCCC)cc1C.CC.CC.CCCCCCCC. The summed E-state index contributed by atoms with van der Waals surface area (Å²) < 4.78 is 0. The van der Waals surface area contributed by atoms with E-state index in [0.717, 1.165) is 0 Å². The lowest BCUT2D eigenvalue weighted by atomic mass is 9.63. The van der Waals surface area contributed by atoms with Crippen LogP contribution in [0.4, 0.5) is 0 Å². The molecular formula is C47H86. The summed E-state index contributed by atoms with van der Waals surface area (Å²) in [5.41, 5.74) is 9.71. The van der Waals surface area contributed by atoms with Crippen LogP contribution in [0.5, 0.6) is 0 Å². The first-order chi connectivity index (χ1) is 22.4. The van der Waals surface area contributed by atoms with E-state index < -0.39 is 0 Å². The number of benzene rings is 1. The zero-order chi connectivity index (χ0) is 36.5. The van der Waals surface area contributed by atoms with Gasteiger partial charge in [0, 0.05) is 5.92 Å². The highest BCUT2D eigenvalue weighted by Crippen LogP contribution is 2.48.